The number of aliphatic hydroxyl groups excluding tert-OH is 1. The molecule has 0 radical (unpaired) electrons. The summed E-state index contributed by atoms with van der Waals surface area (Å²) < 4.78 is 0. The van der Waals surface area contributed by atoms with Crippen LogP contribution in [0.2, 0.25) is 5.15 Å². The van der Waals surface area contributed by atoms with Crippen LogP contribution in [0.3, 0.4) is 0 Å². The normalized spacial score (nSPS) is 24.6. The molecule has 0 aromatic carbocycles. The molecule has 0 spiro atoms. The molecule has 4 N–H and O–H groups in total. The van der Waals surface area contributed by atoms with Gasteiger partial charge in [-0.1, -0.05) is 11.6 Å². The summed E-state index contributed by atoms with van der Waals surface area (Å²) in [6.07, 6.45) is 5.11. The number of rotatable bonds is 3. The van der Waals surface area contributed by atoms with Gasteiger partial charge in [-0.15, -0.1) is 0 Å². The number of hydrogen-bond acceptors (Lipinski definition) is 5. The van der Waals surface area contributed by atoms with Crippen molar-refractivity contribution in [2.24, 2.45) is 5.92 Å². The van der Waals surface area contributed by atoms with E-state index in [1.807, 2.05) is 0 Å². The Labute approximate surface area is 105 Å². The third kappa shape index (κ3) is 3.20. The van der Waals surface area contributed by atoms with Gasteiger partial charge in [0.15, 0.2) is 11.0 Å². The number of hydrogen-bond donors (Lipinski definition) is 3. The van der Waals surface area contributed by atoms with Crippen molar-refractivity contribution in [2.75, 3.05) is 17.6 Å². The van der Waals surface area contributed by atoms with Crippen LogP contribution < -0.4 is 11.1 Å². The van der Waals surface area contributed by atoms with Crippen LogP contribution in [0, 0.1) is 5.92 Å². The number of nitrogens with zero attached hydrogens (tertiary/aromatic N) is 2. The molecule has 6 heteroatoms. The van der Waals surface area contributed by atoms with Crippen molar-refractivity contribution in [3.05, 3.63) is 11.5 Å². The van der Waals surface area contributed by atoms with Gasteiger partial charge in [0.1, 0.15) is 12.0 Å². The van der Waals surface area contributed by atoms with Crippen molar-refractivity contribution in [1.82, 2.24) is 9.97 Å². The van der Waals surface area contributed by atoms with Gasteiger partial charge in [-0.2, -0.15) is 0 Å². The van der Waals surface area contributed by atoms with Gasteiger partial charge in [-0.25, -0.2) is 9.97 Å². The van der Waals surface area contributed by atoms with E-state index in [-0.39, 0.29) is 11.3 Å². The Bertz CT molecular complexity index is 380. The van der Waals surface area contributed by atoms with E-state index in [1.165, 1.54) is 6.33 Å². The lowest BCUT2D eigenvalue weighted by Gasteiger charge is -2.25. The second-order valence-corrected chi connectivity index (χ2v) is 4.84. The van der Waals surface area contributed by atoms with Gasteiger partial charge in [0.25, 0.3) is 0 Å². The maximum atomic E-state index is 9.41. The van der Waals surface area contributed by atoms with Gasteiger partial charge in [-0.05, 0) is 31.6 Å². The van der Waals surface area contributed by atoms with Gasteiger partial charge >= 0.3 is 0 Å². The predicted octanol–water partition coefficient (Wildman–Crippen LogP) is 1.68. The molecule has 2 rings (SSSR count). The van der Waals surface area contributed by atoms with E-state index in [0.717, 1.165) is 32.2 Å². The largest absolute Gasteiger partial charge is 0.393 e. The molecule has 1 aromatic heterocycles. The molecule has 1 fully saturated rings. The minimum atomic E-state index is -0.121. The minimum Gasteiger partial charge on any atom is -0.393 e. The van der Waals surface area contributed by atoms with E-state index in [1.54, 1.807) is 0 Å². The Morgan fingerprint density at radius 3 is 2.76 bits per heavy atom. The summed E-state index contributed by atoms with van der Waals surface area (Å²) in [6, 6.07) is 0. The summed E-state index contributed by atoms with van der Waals surface area (Å²) >= 11 is 5.81. The molecule has 1 saturated carbocycles. The lowest BCUT2D eigenvalue weighted by molar-refractivity contribution is 0.111. The Balaban J connectivity index is 1.87. The quantitative estimate of drug-likeness (QED) is 0.717. The van der Waals surface area contributed by atoms with Crippen LogP contribution in [-0.2, 0) is 0 Å². The van der Waals surface area contributed by atoms with Crippen LogP contribution in [0.4, 0.5) is 11.5 Å². The molecule has 0 bridgehead atoms. The fraction of sp³-hybridized carbons (Fsp3) is 0.636. The molecule has 1 aliphatic rings. The highest BCUT2D eigenvalue weighted by Gasteiger charge is 2.19. The topological polar surface area (TPSA) is 84.1 Å². The molecule has 1 aliphatic carbocycles. The summed E-state index contributed by atoms with van der Waals surface area (Å²) in [5.41, 5.74) is 6.15. The predicted molar refractivity (Wildman–Crippen MR) is 67.9 cm³/mol. The molecule has 17 heavy (non-hydrogen) atoms. The Morgan fingerprint density at radius 2 is 2.06 bits per heavy atom. The van der Waals surface area contributed by atoms with Crippen molar-refractivity contribution < 1.29 is 5.11 Å². The van der Waals surface area contributed by atoms with Crippen LogP contribution in [0.15, 0.2) is 6.33 Å². The van der Waals surface area contributed by atoms with Gasteiger partial charge in [0.2, 0.25) is 0 Å². The molecule has 0 atom stereocenters. The zero-order valence-electron chi connectivity index (χ0n) is 9.56. The van der Waals surface area contributed by atoms with Crippen LogP contribution in [0.5, 0.6) is 0 Å². The monoisotopic (exact) mass is 256 g/mol. The average molecular weight is 257 g/mol. The number of aliphatic hydroxyl groups is 1. The molecule has 5 nitrogen and oxygen atoms in total. The minimum absolute atomic E-state index is 0.121. The maximum absolute atomic E-state index is 9.41. The molecule has 0 amide bonds. The van der Waals surface area contributed by atoms with Crippen LogP contribution in [-0.4, -0.2) is 27.7 Å². The number of nitrogens with two attached hydrogens (primary N) is 1. The second kappa shape index (κ2) is 5.51. The lowest BCUT2D eigenvalue weighted by Crippen LogP contribution is -2.24. The standard InChI is InChI=1S/C11H17ClN4O/c12-10-9(13)11(16-6-15-10)14-5-7-1-3-8(17)4-2-7/h6-8,17H,1-5,13H2,(H,14,15,16). The van der Waals surface area contributed by atoms with Crippen molar-refractivity contribution in [3.8, 4) is 0 Å². The van der Waals surface area contributed by atoms with Gasteiger partial charge < -0.3 is 16.2 Å². The summed E-state index contributed by atoms with van der Waals surface area (Å²) in [7, 11) is 0. The number of nitrogen functional groups attached to an aromatic ring is 1. The number of halogens is 1. The zero-order valence-corrected chi connectivity index (χ0v) is 10.3. The van der Waals surface area contributed by atoms with Gasteiger partial charge in [-0.3, -0.25) is 0 Å². The summed E-state index contributed by atoms with van der Waals surface area (Å²) in [4.78, 5) is 7.86. The van der Waals surface area contributed by atoms with E-state index in [4.69, 9.17) is 17.3 Å². The number of nitrogens with one attached hydrogen (secondary N) is 1. The fourth-order valence-electron chi connectivity index (χ4n) is 2.10. The van der Waals surface area contributed by atoms with Gasteiger partial charge in [0, 0.05) is 6.54 Å². The van der Waals surface area contributed by atoms with Crippen LogP contribution in [0.1, 0.15) is 25.7 Å². The Morgan fingerprint density at radius 1 is 1.35 bits per heavy atom. The average Bonchev–Trinajstić information content (AvgIpc) is 2.33. The van der Waals surface area contributed by atoms with E-state index >= 15 is 0 Å². The first kappa shape index (κ1) is 12.4. The second-order valence-electron chi connectivity index (χ2n) is 4.48. The summed E-state index contributed by atoms with van der Waals surface area (Å²) in [5.74, 6) is 1.16. The van der Waals surface area contributed by atoms with E-state index < -0.39 is 0 Å². The van der Waals surface area contributed by atoms with Crippen LogP contribution in [0.25, 0.3) is 0 Å². The molecule has 1 aromatic rings. The highest BCUT2D eigenvalue weighted by molar-refractivity contribution is 6.32. The highest BCUT2D eigenvalue weighted by Crippen LogP contribution is 2.26. The molecule has 0 aliphatic heterocycles. The molecule has 0 unspecified atom stereocenters. The number of aromatic nitrogens is 2. The fourth-order valence-corrected chi connectivity index (χ4v) is 2.24. The molecule has 94 valence electrons. The van der Waals surface area contributed by atoms with Crippen LogP contribution >= 0.6 is 11.6 Å². The molecular formula is C11H17ClN4O. The van der Waals surface area contributed by atoms with E-state index in [2.05, 4.69) is 15.3 Å². The maximum Gasteiger partial charge on any atom is 0.157 e. The Hall–Kier alpha value is -1.07. The first-order valence-electron chi connectivity index (χ1n) is 5.84. The highest BCUT2D eigenvalue weighted by atomic mass is 35.5. The van der Waals surface area contributed by atoms with Crippen molar-refractivity contribution in [3.63, 3.8) is 0 Å². The first-order chi connectivity index (χ1) is 8.16. The molecule has 0 saturated heterocycles. The molecule has 1 heterocycles. The summed E-state index contributed by atoms with van der Waals surface area (Å²) in [6.45, 7) is 0.810. The van der Waals surface area contributed by atoms with Gasteiger partial charge in [0.05, 0.1) is 6.10 Å². The third-order valence-electron chi connectivity index (χ3n) is 3.21. The van der Waals surface area contributed by atoms with E-state index in [0.29, 0.717) is 17.4 Å². The smallest absolute Gasteiger partial charge is 0.157 e. The van der Waals surface area contributed by atoms with E-state index in [9.17, 15) is 5.11 Å². The lowest BCUT2D eigenvalue weighted by atomic mass is 9.87. The first-order valence-corrected chi connectivity index (χ1v) is 6.22. The third-order valence-corrected chi connectivity index (χ3v) is 3.51. The van der Waals surface area contributed by atoms with Crippen molar-refractivity contribution >= 4 is 23.1 Å². The molecular weight excluding hydrogens is 240 g/mol. The van der Waals surface area contributed by atoms with Crippen molar-refractivity contribution in [2.45, 2.75) is 31.8 Å². The van der Waals surface area contributed by atoms with Crippen molar-refractivity contribution in [1.29, 1.82) is 0 Å². The Kier molecular flexibility index (Phi) is 4.02. The SMILES string of the molecule is Nc1c(Cl)ncnc1NCC1CCC(O)CC1. The summed E-state index contributed by atoms with van der Waals surface area (Å²) in [5, 5.41) is 12.9. The number of anilines is 2. The zero-order chi connectivity index (χ0) is 12.3.